The van der Waals surface area contributed by atoms with E-state index in [2.05, 4.69) is 5.16 Å². The van der Waals surface area contributed by atoms with Gasteiger partial charge in [-0.25, -0.2) is 0 Å². The molecule has 0 radical (unpaired) electrons. The second kappa shape index (κ2) is 5.72. The first-order valence-electron chi connectivity index (χ1n) is 4.54. The summed E-state index contributed by atoms with van der Waals surface area (Å²) in [6.07, 6.45) is 0.712. The molecule has 0 saturated heterocycles. The summed E-state index contributed by atoms with van der Waals surface area (Å²) in [7, 11) is 0. The van der Waals surface area contributed by atoms with Gasteiger partial charge in [0.2, 0.25) is 0 Å². The highest BCUT2D eigenvalue weighted by Crippen LogP contribution is 2.23. The van der Waals surface area contributed by atoms with E-state index in [1.807, 2.05) is 0 Å². The number of oxime groups is 1. The summed E-state index contributed by atoms with van der Waals surface area (Å²) in [5, 5.41) is 19.8. The largest absolute Gasteiger partial charge is 0.409 e. The van der Waals surface area contributed by atoms with Crippen molar-refractivity contribution in [2.24, 2.45) is 10.9 Å². The van der Waals surface area contributed by atoms with Crippen molar-refractivity contribution in [1.29, 1.82) is 5.41 Å². The zero-order chi connectivity index (χ0) is 12.1. The first kappa shape index (κ1) is 12.8. The minimum atomic E-state index is 0.102. The SMILES string of the molecule is N=C(CC/C(N)=N/O)c1ccc(Cl)c(Cl)c1. The molecule has 0 bridgehead atoms. The van der Waals surface area contributed by atoms with E-state index in [0.717, 1.165) is 0 Å². The van der Waals surface area contributed by atoms with Gasteiger partial charge in [-0.05, 0) is 24.1 Å². The molecule has 0 fully saturated rings. The van der Waals surface area contributed by atoms with Crippen LogP contribution >= 0.6 is 23.2 Å². The van der Waals surface area contributed by atoms with Crippen molar-refractivity contribution in [2.45, 2.75) is 12.8 Å². The molecule has 0 aliphatic carbocycles. The lowest BCUT2D eigenvalue weighted by Crippen LogP contribution is -2.13. The van der Waals surface area contributed by atoms with Gasteiger partial charge in [-0.3, -0.25) is 0 Å². The van der Waals surface area contributed by atoms with Gasteiger partial charge in [-0.2, -0.15) is 0 Å². The standard InChI is InChI=1S/C10H11Cl2N3O/c11-7-2-1-6(5-8(7)12)9(13)3-4-10(14)15-16/h1-2,5,13,16H,3-4H2,(H2,14,15). The Morgan fingerprint density at radius 2 is 2.00 bits per heavy atom. The van der Waals surface area contributed by atoms with Gasteiger partial charge >= 0.3 is 0 Å². The maximum atomic E-state index is 8.35. The summed E-state index contributed by atoms with van der Waals surface area (Å²) in [6.45, 7) is 0. The van der Waals surface area contributed by atoms with E-state index in [1.54, 1.807) is 18.2 Å². The van der Waals surface area contributed by atoms with Crippen molar-refractivity contribution in [3.8, 4) is 0 Å². The van der Waals surface area contributed by atoms with Gasteiger partial charge in [-0.1, -0.05) is 34.4 Å². The summed E-state index contributed by atoms with van der Waals surface area (Å²) in [6, 6.07) is 4.97. The fraction of sp³-hybridized carbons (Fsp3) is 0.200. The van der Waals surface area contributed by atoms with Gasteiger partial charge < -0.3 is 16.4 Å². The first-order valence-corrected chi connectivity index (χ1v) is 5.29. The van der Waals surface area contributed by atoms with E-state index in [1.165, 1.54) is 0 Å². The molecule has 6 heteroatoms. The third kappa shape index (κ3) is 3.40. The van der Waals surface area contributed by atoms with E-state index < -0.39 is 0 Å². The van der Waals surface area contributed by atoms with E-state index >= 15 is 0 Å². The second-order valence-corrected chi connectivity index (χ2v) is 4.01. The number of halogens is 2. The van der Waals surface area contributed by atoms with Crippen molar-refractivity contribution < 1.29 is 5.21 Å². The molecule has 1 rings (SSSR count). The third-order valence-electron chi connectivity index (χ3n) is 2.03. The van der Waals surface area contributed by atoms with E-state index in [9.17, 15) is 0 Å². The molecule has 4 nitrogen and oxygen atoms in total. The molecule has 0 heterocycles. The monoisotopic (exact) mass is 259 g/mol. The summed E-state index contributed by atoms with van der Waals surface area (Å²) in [5.41, 5.74) is 6.36. The van der Waals surface area contributed by atoms with Crippen LogP contribution in [-0.4, -0.2) is 16.8 Å². The minimum absolute atomic E-state index is 0.102. The third-order valence-corrected chi connectivity index (χ3v) is 2.77. The highest BCUT2D eigenvalue weighted by atomic mass is 35.5. The van der Waals surface area contributed by atoms with Gasteiger partial charge in [0, 0.05) is 12.1 Å². The summed E-state index contributed by atoms with van der Waals surface area (Å²) in [5.74, 6) is 0.102. The molecular formula is C10H11Cl2N3O. The Morgan fingerprint density at radius 1 is 1.31 bits per heavy atom. The summed E-state index contributed by atoms with van der Waals surface area (Å²) < 4.78 is 0. The number of hydrogen-bond acceptors (Lipinski definition) is 3. The Balaban J connectivity index is 2.70. The molecule has 0 amide bonds. The Hall–Kier alpha value is -1.26. The van der Waals surface area contributed by atoms with E-state index in [-0.39, 0.29) is 5.84 Å². The van der Waals surface area contributed by atoms with Crippen LogP contribution in [0.5, 0.6) is 0 Å². The van der Waals surface area contributed by atoms with E-state index in [4.69, 9.17) is 39.6 Å². The molecule has 0 aliphatic heterocycles. The quantitative estimate of drug-likeness (QED) is 0.336. The van der Waals surface area contributed by atoms with Gasteiger partial charge in [0.15, 0.2) is 0 Å². The molecule has 0 aliphatic rings. The maximum absolute atomic E-state index is 8.35. The van der Waals surface area contributed by atoms with Crippen molar-refractivity contribution in [3.63, 3.8) is 0 Å². The molecule has 0 saturated carbocycles. The average molecular weight is 260 g/mol. The molecule has 1 aromatic rings. The van der Waals surface area contributed by atoms with Crippen molar-refractivity contribution in [1.82, 2.24) is 0 Å². The number of hydrogen-bond donors (Lipinski definition) is 3. The molecule has 0 unspecified atom stereocenters. The number of nitrogens with zero attached hydrogens (tertiary/aromatic N) is 1. The van der Waals surface area contributed by atoms with Crippen molar-refractivity contribution in [3.05, 3.63) is 33.8 Å². The minimum Gasteiger partial charge on any atom is -0.409 e. The zero-order valence-electron chi connectivity index (χ0n) is 8.37. The van der Waals surface area contributed by atoms with Gasteiger partial charge in [0.25, 0.3) is 0 Å². The van der Waals surface area contributed by atoms with Crippen LogP contribution in [0, 0.1) is 5.41 Å². The highest BCUT2D eigenvalue weighted by Gasteiger charge is 2.05. The lowest BCUT2D eigenvalue weighted by atomic mass is 10.1. The molecular weight excluding hydrogens is 249 g/mol. The number of rotatable bonds is 4. The molecule has 16 heavy (non-hydrogen) atoms. The van der Waals surface area contributed by atoms with Crippen LogP contribution in [0.2, 0.25) is 10.0 Å². The molecule has 0 spiro atoms. The lowest BCUT2D eigenvalue weighted by Gasteiger charge is -2.04. The molecule has 0 atom stereocenters. The number of nitrogens with two attached hydrogens (primary N) is 1. The van der Waals surface area contributed by atoms with Crippen LogP contribution < -0.4 is 5.73 Å². The molecule has 86 valence electrons. The number of benzene rings is 1. The van der Waals surface area contributed by atoms with Gasteiger partial charge in [0.1, 0.15) is 5.84 Å². The van der Waals surface area contributed by atoms with Crippen LogP contribution in [0.4, 0.5) is 0 Å². The van der Waals surface area contributed by atoms with Crippen LogP contribution in [0.25, 0.3) is 0 Å². The Bertz CT molecular complexity index is 432. The van der Waals surface area contributed by atoms with Crippen molar-refractivity contribution in [2.75, 3.05) is 0 Å². The summed E-state index contributed by atoms with van der Waals surface area (Å²) >= 11 is 11.6. The van der Waals surface area contributed by atoms with E-state index in [0.29, 0.717) is 34.2 Å². The normalized spacial score (nSPS) is 11.5. The topological polar surface area (TPSA) is 82.5 Å². The van der Waals surface area contributed by atoms with Gasteiger partial charge in [0.05, 0.1) is 10.0 Å². The average Bonchev–Trinajstić information content (AvgIpc) is 2.29. The predicted molar refractivity (Wildman–Crippen MR) is 65.9 cm³/mol. The molecule has 4 N–H and O–H groups in total. The van der Waals surface area contributed by atoms with Crippen LogP contribution in [0.15, 0.2) is 23.4 Å². The first-order chi connectivity index (χ1) is 7.54. The molecule has 0 aromatic heterocycles. The van der Waals surface area contributed by atoms with Crippen LogP contribution in [0.3, 0.4) is 0 Å². The van der Waals surface area contributed by atoms with Crippen molar-refractivity contribution >= 4 is 34.7 Å². The maximum Gasteiger partial charge on any atom is 0.139 e. The second-order valence-electron chi connectivity index (χ2n) is 3.20. The van der Waals surface area contributed by atoms with Gasteiger partial charge in [-0.15, -0.1) is 0 Å². The number of nitrogens with one attached hydrogen (secondary N) is 1. The number of amidine groups is 1. The van der Waals surface area contributed by atoms with Crippen LogP contribution in [-0.2, 0) is 0 Å². The zero-order valence-corrected chi connectivity index (χ0v) is 9.89. The highest BCUT2D eigenvalue weighted by molar-refractivity contribution is 6.42. The summed E-state index contributed by atoms with van der Waals surface area (Å²) in [4.78, 5) is 0. The fourth-order valence-electron chi connectivity index (χ4n) is 1.13. The Labute approximate surface area is 103 Å². The Kier molecular flexibility index (Phi) is 4.58. The lowest BCUT2D eigenvalue weighted by molar-refractivity contribution is 0.317. The fourth-order valence-corrected chi connectivity index (χ4v) is 1.43. The Morgan fingerprint density at radius 3 is 2.56 bits per heavy atom. The predicted octanol–water partition coefficient (Wildman–Crippen LogP) is 2.89. The molecule has 1 aromatic carbocycles. The van der Waals surface area contributed by atoms with Crippen LogP contribution in [0.1, 0.15) is 18.4 Å². The smallest absolute Gasteiger partial charge is 0.139 e.